The summed E-state index contributed by atoms with van der Waals surface area (Å²) in [5, 5.41) is 21.9. The van der Waals surface area contributed by atoms with Gasteiger partial charge in [0.25, 0.3) is 0 Å². The molecule has 6 atom stereocenters. The van der Waals surface area contributed by atoms with Crippen molar-refractivity contribution in [2.75, 3.05) is 20.1 Å². The Bertz CT molecular complexity index is 684. The first-order valence-electron chi connectivity index (χ1n) is 9.11. The maximum absolute atomic E-state index is 11.2. The number of nitrogens with two attached hydrogens (primary N) is 1. The number of aliphatic hydroxyl groups is 2. The summed E-state index contributed by atoms with van der Waals surface area (Å²) in [5.74, 6) is 1.06. The van der Waals surface area contributed by atoms with Crippen LogP contribution >= 0.6 is 0 Å². The molecule has 5 rings (SSSR count). The average molecular weight is 330 g/mol. The molecule has 2 fully saturated rings. The minimum atomic E-state index is -1.01. The molecule has 5 nitrogen and oxygen atoms in total. The lowest BCUT2D eigenvalue weighted by Crippen LogP contribution is -2.62. The van der Waals surface area contributed by atoms with Crippen LogP contribution in [0.25, 0.3) is 0 Å². The van der Waals surface area contributed by atoms with Crippen LogP contribution in [0.1, 0.15) is 25.7 Å². The third kappa shape index (κ3) is 1.59. The van der Waals surface area contributed by atoms with Gasteiger partial charge in [-0.25, -0.2) is 0 Å². The number of aliphatic hydroxyl groups excluding tert-OH is 1. The van der Waals surface area contributed by atoms with E-state index in [1.807, 2.05) is 6.08 Å². The van der Waals surface area contributed by atoms with Crippen molar-refractivity contribution in [3.63, 3.8) is 0 Å². The van der Waals surface area contributed by atoms with E-state index in [1.165, 1.54) is 11.1 Å². The van der Waals surface area contributed by atoms with Gasteiger partial charge in [0.2, 0.25) is 0 Å². The highest BCUT2D eigenvalue weighted by atomic mass is 16.5. The number of piperidine rings is 1. The number of hydrogen-bond donors (Lipinski definition) is 3. The maximum atomic E-state index is 11.2. The Morgan fingerprint density at radius 3 is 3.04 bits per heavy atom. The molecule has 1 saturated carbocycles. The molecule has 5 heteroatoms. The molecule has 0 aromatic carbocycles. The first-order valence-corrected chi connectivity index (χ1v) is 9.11. The molecule has 2 bridgehead atoms. The number of rotatable bonds is 2. The van der Waals surface area contributed by atoms with Gasteiger partial charge in [-0.05, 0) is 45.0 Å². The molecule has 4 N–H and O–H groups in total. The van der Waals surface area contributed by atoms with E-state index < -0.39 is 11.7 Å². The van der Waals surface area contributed by atoms with E-state index >= 15 is 0 Å². The van der Waals surface area contributed by atoms with Crippen LogP contribution in [0.15, 0.2) is 35.1 Å². The number of nitrogens with zero attached hydrogens (tertiary/aromatic N) is 1. The van der Waals surface area contributed by atoms with E-state index in [-0.39, 0.29) is 11.5 Å². The van der Waals surface area contributed by atoms with E-state index in [4.69, 9.17) is 10.5 Å². The standard InChI is InChI=1S/C19H26N2O3/c1-21-9-7-19-12-2-3-14(22)16(19)24-17-15(19)11(10-13(12)21)4-5-18(17,23)6-8-20/h2-4,12-14,16,22-23H,5-10,20H2,1H3/t12-,13+,14-,16-,18?,19-/m0/s1. The molecule has 5 aliphatic rings. The summed E-state index contributed by atoms with van der Waals surface area (Å²) < 4.78 is 6.36. The molecule has 3 aliphatic carbocycles. The molecule has 2 aliphatic heterocycles. The number of hydrogen-bond acceptors (Lipinski definition) is 5. The molecule has 24 heavy (non-hydrogen) atoms. The fraction of sp³-hybridized carbons (Fsp3) is 0.684. The summed E-state index contributed by atoms with van der Waals surface area (Å²) >= 11 is 0. The van der Waals surface area contributed by atoms with Gasteiger partial charge in [0.05, 0.1) is 0 Å². The molecule has 0 amide bonds. The van der Waals surface area contributed by atoms with Crippen LogP contribution < -0.4 is 5.73 Å². The molecule has 1 spiro atoms. The highest BCUT2D eigenvalue weighted by Crippen LogP contribution is 2.66. The van der Waals surface area contributed by atoms with Crippen LogP contribution in [0.2, 0.25) is 0 Å². The fourth-order valence-electron chi connectivity index (χ4n) is 6.01. The predicted octanol–water partition coefficient (Wildman–Crippen LogP) is 0.690. The Labute approximate surface area is 142 Å². The van der Waals surface area contributed by atoms with E-state index in [1.54, 1.807) is 0 Å². The molecular formula is C19H26N2O3. The molecule has 1 saturated heterocycles. The summed E-state index contributed by atoms with van der Waals surface area (Å²) in [6.45, 7) is 1.42. The zero-order valence-electron chi connectivity index (χ0n) is 14.1. The van der Waals surface area contributed by atoms with Crippen LogP contribution in [-0.4, -0.2) is 59.1 Å². The van der Waals surface area contributed by atoms with Gasteiger partial charge in [-0.2, -0.15) is 0 Å². The van der Waals surface area contributed by atoms with Crippen molar-refractivity contribution < 1.29 is 14.9 Å². The van der Waals surface area contributed by atoms with Gasteiger partial charge in [-0.3, -0.25) is 0 Å². The molecule has 0 aromatic rings. The monoisotopic (exact) mass is 330 g/mol. The highest BCUT2D eigenvalue weighted by molar-refractivity contribution is 5.55. The zero-order chi connectivity index (χ0) is 16.7. The zero-order valence-corrected chi connectivity index (χ0v) is 14.1. The lowest BCUT2D eigenvalue weighted by atomic mass is 9.51. The summed E-state index contributed by atoms with van der Waals surface area (Å²) in [6, 6.07) is 0.448. The fourth-order valence-corrected chi connectivity index (χ4v) is 6.01. The molecule has 1 unspecified atom stereocenters. The molecule has 130 valence electrons. The summed E-state index contributed by atoms with van der Waals surface area (Å²) in [7, 11) is 2.20. The normalized spacial score (nSPS) is 48.9. The highest BCUT2D eigenvalue weighted by Gasteiger charge is 2.67. The summed E-state index contributed by atoms with van der Waals surface area (Å²) in [5.41, 5.74) is 7.09. The summed E-state index contributed by atoms with van der Waals surface area (Å²) in [4.78, 5) is 2.45. The smallest absolute Gasteiger partial charge is 0.138 e. The Morgan fingerprint density at radius 2 is 2.25 bits per heavy atom. The molecule has 0 radical (unpaired) electrons. The van der Waals surface area contributed by atoms with E-state index in [0.29, 0.717) is 37.1 Å². The molecular weight excluding hydrogens is 304 g/mol. The van der Waals surface area contributed by atoms with Crippen LogP contribution in [0.3, 0.4) is 0 Å². The quantitative estimate of drug-likeness (QED) is 0.649. The van der Waals surface area contributed by atoms with Gasteiger partial charge in [0.15, 0.2) is 0 Å². The van der Waals surface area contributed by atoms with E-state index in [0.717, 1.165) is 19.4 Å². The van der Waals surface area contributed by atoms with Gasteiger partial charge in [0, 0.05) is 29.4 Å². The largest absolute Gasteiger partial charge is 0.487 e. The van der Waals surface area contributed by atoms with Crippen molar-refractivity contribution >= 4 is 0 Å². The van der Waals surface area contributed by atoms with Gasteiger partial charge in [-0.15, -0.1) is 0 Å². The van der Waals surface area contributed by atoms with Gasteiger partial charge < -0.3 is 25.6 Å². The predicted molar refractivity (Wildman–Crippen MR) is 89.9 cm³/mol. The van der Waals surface area contributed by atoms with Gasteiger partial charge in [-0.1, -0.05) is 18.2 Å². The van der Waals surface area contributed by atoms with E-state index in [2.05, 4.69) is 24.1 Å². The van der Waals surface area contributed by atoms with Crippen LogP contribution in [0.5, 0.6) is 0 Å². The van der Waals surface area contributed by atoms with Crippen molar-refractivity contribution in [2.45, 2.75) is 49.5 Å². The molecule has 2 heterocycles. The summed E-state index contributed by atoms with van der Waals surface area (Å²) in [6.07, 6.45) is 8.43. The third-order valence-corrected chi connectivity index (χ3v) is 7.14. The molecule has 0 aromatic heterocycles. The SMILES string of the molecule is CN1CC[C@]23C4=C5O[C@H]2[C@@H](O)C=C[C@H]3[C@H]1CC4=CCC5(O)CCN. The van der Waals surface area contributed by atoms with Gasteiger partial charge >= 0.3 is 0 Å². The number of ether oxygens (including phenoxy) is 1. The topological polar surface area (TPSA) is 79.0 Å². The maximum Gasteiger partial charge on any atom is 0.138 e. The Hall–Kier alpha value is -1.14. The number of likely N-dealkylation sites (tertiary alicyclic amines) is 1. The minimum absolute atomic E-state index is 0.187. The second-order valence-electron chi connectivity index (χ2n) is 8.19. The average Bonchev–Trinajstić information content (AvgIpc) is 2.91. The first-order chi connectivity index (χ1) is 11.5. The van der Waals surface area contributed by atoms with Gasteiger partial charge in [0.1, 0.15) is 23.6 Å². The van der Waals surface area contributed by atoms with Crippen molar-refractivity contribution in [3.05, 3.63) is 35.1 Å². The van der Waals surface area contributed by atoms with Crippen LogP contribution in [0, 0.1) is 11.3 Å². The lowest BCUT2D eigenvalue weighted by molar-refractivity contribution is -0.103. The van der Waals surface area contributed by atoms with Crippen molar-refractivity contribution in [1.29, 1.82) is 0 Å². The first kappa shape index (κ1) is 15.1. The van der Waals surface area contributed by atoms with Crippen molar-refractivity contribution in [3.8, 4) is 0 Å². The Balaban J connectivity index is 1.73. The lowest BCUT2D eigenvalue weighted by Gasteiger charge is -2.58. The second kappa shape index (κ2) is 4.73. The minimum Gasteiger partial charge on any atom is -0.487 e. The van der Waals surface area contributed by atoms with E-state index in [9.17, 15) is 10.2 Å². The van der Waals surface area contributed by atoms with Crippen molar-refractivity contribution in [2.24, 2.45) is 17.1 Å². The van der Waals surface area contributed by atoms with Crippen molar-refractivity contribution in [1.82, 2.24) is 4.90 Å². The van der Waals surface area contributed by atoms with Crippen LogP contribution in [-0.2, 0) is 4.74 Å². The Kier molecular flexibility index (Phi) is 2.98. The second-order valence-corrected chi connectivity index (χ2v) is 8.19. The Morgan fingerprint density at radius 1 is 1.42 bits per heavy atom. The van der Waals surface area contributed by atoms with Crippen LogP contribution in [0.4, 0.5) is 0 Å². The third-order valence-electron chi connectivity index (χ3n) is 7.14.